The Morgan fingerprint density at radius 1 is 1.31 bits per heavy atom. The maximum atomic E-state index is 13.4. The second-order valence-electron chi connectivity index (χ2n) is 9.03. The molecule has 4 atom stereocenters. The summed E-state index contributed by atoms with van der Waals surface area (Å²) in [4.78, 5) is 44.5. The standard InChI is InChI=1S/C24H24N4O6S/c1-11-18(17-9-26-14(4)25-12(2)23(26)35-17)21(27-20(11)19(13(3)29)22(27)30)24(31)34-10-15-5-7-16(8-6-15)28(32)33/h5-9,11,13,19-20,29H,10H2,1-4H3/t11-,13+,19+,20+/m0/s1. The number of aliphatic hydroxyl groups excluding tert-OH is 1. The average molecular weight is 497 g/mol. The van der Waals surface area contributed by atoms with Crippen LogP contribution in [0.25, 0.3) is 10.4 Å². The van der Waals surface area contributed by atoms with E-state index in [1.54, 1.807) is 6.92 Å². The number of nitrogens with zero attached hydrogens (tertiary/aromatic N) is 4. The van der Waals surface area contributed by atoms with Gasteiger partial charge in [0.15, 0.2) is 0 Å². The maximum Gasteiger partial charge on any atom is 0.355 e. The molecule has 1 aromatic carbocycles. The van der Waals surface area contributed by atoms with Crippen molar-refractivity contribution >= 4 is 39.3 Å². The first kappa shape index (κ1) is 23.2. The molecule has 0 saturated carbocycles. The van der Waals surface area contributed by atoms with E-state index in [-0.39, 0.29) is 35.9 Å². The quantitative estimate of drug-likeness (QED) is 0.240. The molecule has 0 bridgehead atoms. The molecule has 1 amide bonds. The molecule has 11 heteroatoms. The number of imidazole rings is 1. The number of hydrogen-bond acceptors (Lipinski definition) is 8. The van der Waals surface area contributed by atoms with Crippen molar-refractivity contribution in [2.24, 2.45) is 11.8 Å². The highest BCUT2D eigenvalue weighted by molar-refractivity contribution is 7.18. The monoisotopic (exact) mass is 496 g/mol. The summed E-state index contributed by atoms with van der Waals surface area (Å²) in [7, 11) is 0. The second kappa shape index (κ2) is 8.28. The van der Waals surface area contributed by atoms with E-state index in [0.717, 1.165) is 21.2 Å². The summed E-state index contributed by atoms with van der Waals surface area (Å²) in [6.07, 6.45) is 1.09. The van der Waals surface area contributed by atoms with Crippen molar-refractivity contribution in [3.05, 3.63) is 68.2 Å². The Labute approximate surface area is 204 Å². The van der Waals surface area contributed by atoms with Crippen LogP contribution in [0.15, 0.2) is 36.2 Å². The lowest BCUT2D eigenvalue weighted by molar-refractivity contribution is -0.384. The number of hydrogen-bond donors (Lipinski definition) is 1. The van der Waals surface area contributed by atoms with Crippen LogP contribution >= 0.6 is 11.3 Å². The predicted molar refractivity (Wildman–Crippen MR) is 127 cm³/mol. The number of β-lactam (4-membered cyclic amide) rings is 1. The molecule has 0 unspecified atom stereocenters. The summed E-state index contributed by atoms with van der Waals surface area (Å²) in [5, 5.41) is 21.1. The zero-order valence-electron chi connectivity index (χ0n) is 19.6. The molecule has 0 radical (unpaired) electrons. The van der Waals surface area contributed by atoms with Gasteiger partial charge in [-0.1, -0.05) is 6.92 Å². The van der Waals surface area contributed by atoms with Gasteiger partial charge in [0.05, 0.1) is 33.6 Å². The Morgan fingerprint density at radius 2 is 2.00 bits per heavy atom. The summed E-state index contributed by atoms with van der Waals surface area (Å²) in [5.74, 6) is -0.891. The molecule has 2 aliphatic rings. The van der Waals surface area contributed by atoms with E-state index in [4.69, 9.17) is 4.74 Å². The molecule has 3 aromatic rings. The van der Waals surface area contributed by atoms with E-state index in [0.29, 0.717) is 11.1 Å². The van der Waals surface area contributed by atoms with Crippen LogP contribution in [0.3, 0.4) is 0 Å². The topological polar surface area (TPSA) is 127 Å². The van der Waals surface area contributed by atoms with Crippen LogP contribution in [-0.4, -0.2) is 48.3 Å². The van der Waals surface area contributed by atoms with Crippen molar-refractivity contribution in [3.8, 4) is 0 Å². The van der Waals surface area contributed by atoms with E-state index in [1.165, 1.54) is 40.5 Å². The number of carbonyl (C=O) groups excluding carboxylic acids is 2. The van der Waals surface area contributed by atoms with E-state index in [9.17, 15) is 24.8 Å². The first-order chi connectivity index (χ1) is 16.6. The Kier molecular flexibility index (Phi) is 5.48. The van der Waals surface area contributed by atoms with E-state index in [1.807, 2.05) is 31.4 Å². The number of rotatable bonds is 6. The highest BCUT2D eigenvalue weighted by Crippen LogP contribution is 2.52. The molecule has 4 heterocycles. The molecular formula is C24H24N4O6S. The molecule has 182 valence electrons. The van der Waals surface area contributed by atoms with Gasteiger partial charge in [-0.3, -0.25) is 19.3 Å². The fourth-order valence-corrected chi connectivity index (χ4v) is 6.36. The van der Waals surface area contributed by atoms with Gasteiger partial charge in [0.1, 0.15) is 23.0 Å². The van der Waals surface area contributed by atoms with Gasteiger partial charge in [-0.2, -0.15) is 0 Å². The van der Waals surface area contributed by atoms with Gasteiger partial charge >= 0.3 is 5.97 Å². The molecule has 0 spiro atoms. The summed E-state index contributed by atoms with van der Waals surface area (Å²) in [6, 6.07) is 5.42. The number of non-ortho nitro benzene ring substituents is 1. The lowest BCUT2D eigenvalue weighted by Gasteiger charge is -2.46. The van der Waals surface area contributed by atoms with Gasteiger partial charge in [-0.15, -0.1) is 11.3 Å². The van der Waals surface area contributed by atoms with Crippen molar-refractivity contribution in [1.29, 1.82) is 0 Å². The van der Waals surface area contributed by atoms with Crippen LogP contribution in [0.1, 0.15) is 35.8 Å². The van der Waals surface area contributed by atoms with Gasteiger partial charge in [0.25, 0.3) is 5.69 Å². The third kappa shape index (κ3) is 3.53. The van der Waals surface area contributed by atoms with Gasteiger partial charge in [-0.25, -0.2) is 9.78 Å². The van der Waals surface area contributed by atoms with Crippen LogP contribution in [0, 0.1) is 35.8 Å². The fourth-order valence-electron chi connectivity index (χ4n) is 5.13. The first-order valence-electron chi connectivity index (χ1n) is 11.2. The Balaban J connectivity index is 1.51. The van der Waals surface area contributed by atoms with Crippen molar-refractivity contribution in [2.45, 2.75) is 46.4 Å². The Morgan fingerprint density at radius 3 is 2.60 bits per heavy atom. The van der Waals surface area contributed by atoms with Crippen molar-refractivity contribution in [1.82, 2.24) is 14.3 Å². The minimum atomic E-state index is -0.837. The van der Waals surface area contributed by atoms with Gasteiger partial charge in [0, 0.05) is 29.8 Å². The smallest absolute Gasteiger partial charge is 0.355 e. The fraction of sp³-hybridized carbons (Fsp3) is 0.375. The molecule has 1 N–H and O–H groups in total. The predicted octanol–water partition coefficient (Wildman–Crippen LogP) is 3.23. The van der Waals surface area contributed by atoms with Gasteiger partial charge in [0.2, 0.25) is 5.91 Å². The number of nitro groups is 1. The number of fused-ring (bicyclic) bond motifs is 2. The number of aliphatic hydroxyl groups is 1. The summed E-state index contributed by atoms with van der Waals surface area (Å²) in [5.41, 5.74) is 2.33. The number of ether oxygens (including phenoxy) is 1. The molecule has 1 saturated heterocycles. The van der Waals surface area contributed by atoms with Gasteiger partial charge < -0.3 is 14.7 Å². The lowest BCUT2D eigenvalue weighted by Crippen LogP contribution is -2.63. The minimum Gasteiger partial charge on any atom is -0.456 e. The number of carbonyl (C=O) groups is 2. The second-order valence-corrected chi connectivity index (χ2v) is 10.1. The van der Waals surface area contributed by atoms with Crippen LogP contribution in [-0.2, 0) is 20.9 Å². The number of aryl methyl sites for hydroxylation is 2. The number of thiazole rings is 1. The zero-order chi connectivity index (χ0) is 25.2. The number of amides is 1. The first-order valence-corrected chi connectivity index (χ1v) is 12.0. The van der Waals surface area contributed by atoms with Crippen molar-refractivity contribution in [2.75, 3.05) is 0 Å². The highest BCUT2D eigenvalue weighted by atomic mass is 32.1. The van der Waals surface area contributed by atoms with Crippen molar-refractivity contribution < 1.29 is 24.4 Å². The summed E-state index contributed by atoms with van der Waals surface area (Å²) < 4.78 is 7.55. The molecule has 1 fully saturated rings. The third-order valence-electron chi connectivity index (χ3n) is 6.81. The van der Waals surface area contributed by atoms with Crippen LogP contribution in [0.5, 0.6) is 0 Å². The molecule has 2 aromatic heterocycles. The normalized spacial score (nSPS) is 22.4. The average Bonchev–Trinajstić information content (AvgIpc) is 3.42. The van der Waals surface area contributed by atoms with Crippen LogP contribution in [0.2, 0.25) is 0 Å². The van der Waals surface area contributed by atoms with Crippen LogP contribution in [0.4, 0.5) is 5.69 Å². The minimum absolute atomic E-state index is 0.0537. The largest absolute Gasteiger partial charge is 0.456 e. The molecule has 0 aliphatic carbocycles. The number of nitro benzene ring substituents is 1. The van der Waals surface area contributed by atoms with E-state index in [2.05, 4.69) is 4.98 Å². The van der Waals surface area contributed by atoms with E-state index >= 15 is 0 Å². The molecular weight excluding hydrogens is 472 g/mol. The summed E-state index contributed by atoms with van der Waals surface area (Å²) in [6.45, 7) is 7.28. The number of benzene rings is 1. The number of aromatic nitrogens is 2. The Bertz CT molecular complexity index is 1370. The molecule has 2 aliphatic heterocycles. The SMILES string of the molecule is Cc1nc(C)n2cc(C3=C(C(=O)OCc4ccc([N+](=O)[O-])cc4)N4C(=O)[C@H]([C@@H](C)O)[C@H]4[C@H]3C)sc12. The molecule has 5 rings (SSSR count). The summed E-state index contributed by atoms with van der Waals surface area (Å²) >= 11 is 1.50. The third-order valence-corrected chi connectivity index (χ3v) is 8.04. The molecule has 35 heavy (non-hydrogen) atoms. The van der Waals surface area contributed by atoms with Crippen molar-refractivity contribution in [3.63, 3.8) is 0 Å². The van der Waals surface area contributed by atoms with Crippen LogP contribution < -0.4 is 0 Å². The maximum absolute atomic E-state index is 13.4. The zero-order valence-corrected chi connectivity index (χ0v) is 20.4. The highest BCUT2D eigenvalue weighted by Gasteiger charge is 2.60. The lowest BCUT2D eigenvalue weighted by atomic mass is 9.77. The number of esters is 1. The Hall–Kier alpha value is -3.57. The van der Waals surface area contributed by atoms with E-state index < -0.39 is 22.9 Å². The van der Waals surface area contributed by atoms with Gasteiger partial charge in [-0.05, 0) is 38.5 Å². The molecule has 10 nitrogen and oxygen atoms in total.